The zero-order chi connectivity index (χ0) is 15.6. The summed E-state index contributed by atoms with van der Waals surface area (Å²) in [5, 5.41) is 5.43. The second-order valence-electron chi connectivity index (χ2n) is 7.10. The standard InChI is InChI=1S/C18H25ClN2/c1-12(2)10-20-11-13-8-17(18(3,4)5)21-16-7-6-14(19)9-15(13)16/h6-9,12,20H,10-11H2,1-5H3. The molecule has 0 saturated carbocycles. The summed E-state index contributed by atoms with van der Waals surface area (Å²) in [5.74, 6) is 0.642. The molecular weight excluding hydrogens is 280 g/mol. The summed E-state index contributed by atoms with van der Waals surface area (Å²) in [6, 6.07) is 8.15. The zero-order valence-electron chi connectivity index (χ0n) is 13.6. The van der Waals surface area contributed by atoms with Gasteiger partial charge in [-0.3, -0.25) is 4.98 Å². The molecule has 0 aliphatic rings. The van der Waals surface area contributed by atoms with Crippen molar-refractivity contribution < 1.29 is 0 Å². The van der Waals surface area contributed by atoms with Crippen LogP contribution >= 0.6 is 11.6 Å². The van der Waals surface area contributed by atoms with Crippen LogP contribution in [0, 0.1) is 5.92 Å². The highest BCUT2D eigenvalue weighted by Crippen LogP contribution is 2.28. The van der Waals surface area contributed by atoms with Crippen molar-refractivity contribution in [1.82, 2.24) is 10.3 Å². The van der Waals surface area contributed by atoms with Gasteiger partial charge >= 0.3 is 0 Å². The van der Waals surface area contributed by atoms with Crippen molar-refractivity contribution in [3.8, 4) is 0 Å². The lowest BCUT2D eigenvalue weighted by Gasteiger charge is -2.20. The first-order valence-corrected chi connectivity index (χ1v) is 7.95. The quantitative estimate of drug-likeness (QED) is 0.866. The number of nitrogens with zero attached hydrogens (tertiary/aromatic N) is 1. The van der Waals surface area contributed by atoms with E-state index >= 15 is 0 Å². The third-order valence-corrected chi connectivity index (χ3v) is 3.73. The van der Waals surface area contributed by atoms with Gasteiger partial charge in [-0.05, 0) is 42.3 Å². The number of fused-ring (bicyclic) bond motifs is 1. The molecule has 2 rings (SSSR count). The average molecular weight is 305 g/mol. The number of pyridine rings is 1. The van der Waals surface area contributed by atoms with Gasteiger partial charge in [-0.1, -0.05) is 46.2 Å². The lowest BCUT2D eigenvalue weighted by atomic mass is 9.90. The highest BCUT2D eigenvalue weighted by molar-refractivity contribution is 6.31. The number of halogens is 1. The number of benzene rings is 1. The van der Waals surface area contributed by atoms with Gasteiger partial charge in [0, 0.05) is 28.1 Å². The van der Waals surface area contributed by atoms with Crippen molar-refractivity contribution in [1.29, 1.82) is 0 Å². The van der Waals surface area contributed by atoms with Gasteiger partial charge in [-0.15, -0.1) is 0 Å². The predicted octanol–water partition coefficient (Wildman–Crippen LogP) is 4.93. The summed E-state index contributed by atoms with van der Waals surface area (Å²) >= 11 is 6.16. The maximum absolute atomic E-state index is 6.16. The molecule has 1 N–H and O–H groups in total. The molecule has 0 saturated heterocycles. The Labute approximate surface area is 132 Å². The van der Waals surface area contributed by atoms with E-state index in [1.807, 2.05) is 18.2 Å². The Kier molecular flexibility index (Phi) is 4.90. The number of nitrogens with one attached hydrogen (secondary N) is 1. The molecule has 3 heteroatoms. The van der Waals surface area contributed by atoms with Gasteiger partial charge in [0.2, 0.25) is 0 Å². The summed E-state index contributed by atoms with van der Waals surface area (Å²) in [7, 11) is 0. The van der Waals surface area contributed by atoms with Crippen LogP contribution in [0.5, 0.6) is 0 Å². The Morgan fingerprint density at radius 3 is 2.52 bits per heavy atom. The fraction of sp³-hybridized carbons (Fsp3) is 0.500. The van der Waals surface area contributed by atoms with Crippen LogP contribution in [0.25, 0.3) is 10.9 Å². The molecule has 1 aromatic heterocycles. The second kappa shape index (κ2) is 6.33. The van der Waals surface area contributed by atoms with E-state index in [0.29, 0.717) is 5.92 Å². The molecule has 1 heterocycles. The van der Waals surface area contributed by atoms with E-state index in [1.54, 1.807) is 0 Å². The van der Waals surface area contributed by atoms with Crippen LogP contribution in [0.1, 0.15) is 45.9 Å². The molecule has 2 nitrogen and oxygen atoms in total. The summed E-state index contributed by atoms with van der Waals surface area (Å²) < 4.78 is 0. The third kappa shape index (κ3) is 4.18. The van der Waals surface area contributed by atoms with E-state index in [-0.39, 0.29) is 5.41 Å². The second-order valence-corrected chi connectivity index (χ2v) is 7.54. The molecule has 114 valence electrons. The minimum absolute atomic E-state index is 0.0423. The Bertz CT molecular complexity index is 627. The average Bonchev–Trinajstić information content (AvgIpc) is 2.37. The fourth-order valence-corrected chi connectivity index (χ4v) is 2.47. The van der Waals surface area contributed by atoms with Crippen LogP contribution < -0.4 is 5.32 Å². The Morgan fingerprint density at radius 1 is 1.19 bits per heavy atom. The Balaban J connectivity index is 2.45. The van der Waals surface area contributed by atoms with Crippen LogP contribution in [0.2, 0.25) is 5.02 Å². The maximum atomic E-state index is 6.16. The molecule has 0 amide bonds. The van der Waals surface area contributed by atoms with Gasteiger partial charge in [0.1, 0.15) is 0 Å². The minimum atomic E-state index is 0.0423. The van der Waals surface area contributed by atoms with Crippen LogP contribution in [0.4, 0.5) is 0 Å². The van der Waals surface area contributed by atoms with Crippen molar-refractivity contribution in [2.45, 2.75) is 46.6 Å². The van der Waals surface area contributed by atoms with E-state index in [9.17, 15) is 0 Å². The van der Waals surface area contributed by atoms with E-state index < -0.39 is 0 Å². The van der Waals surface area contributed by atoms with Crippen molar-refractivity contribution in [3.63, 3.8) is 0 Å². The number of hydrogen-bond donors (Lipinski definition) is 1. The number of hydrogen-bond acceptors (Lipinski definition) is 2. The van der Waals surface area contributed by atoms with Gasteiger partial charge in [0.25, 0.3) is 0 Å². The van der Waals surface area contributed by atoms with Crippen LogP contribution in [-0.2, 0) is 12.0 Å². The smallest absolute Gasteiger partial charge is 0.0709 e. The molecule has 2 aromatic rings. The Hall–Kier alpha value is -1.12. The summed E-state index contributed by atoms with van der Waals surface area (Å²) in [4.78, 5) is 4.81. The van der Waals surface area contributed by atoms with E-state index in [0.717, 1.165) is 34.7 Å². The molecule has 0 bridgehead atoms. The number of aromatic nitrogens is 1. The van der Waals surface area contributed by atoms with Crippen molar-refractivity contribution in [2.75, 3.05) is 6.54 Å². The molecule has 1 aromatic carbocycles. The van der Waals surface area contributed by atoms with Gasteiger partial charge in [0.15, 0.2) is 0 Å². The lowest BCUT2D eigenvalue weighted by molar-refractivity contribution is 0.549. The summed E-state index contributed by atoms with van der Waals surface area (Å²) in [5.41, 5.74) is 3.46. The van der Waals surface area contributed by atoms with Crippen LogP contribution in [0.3, 0.4) is 0 Å². The molecule has 0 fully saturated rings. The first-order valence-electron chi connectivity index (χ1n) is 7.58. The SMILES string of the molecule is CC(C)CNCc1cc(C(C)(C)C)nc2ccc(Cl)cc12. The van der Waals surface area contributed by atoms with E-state index in [4.69, 9.17) is 16.6 Å². The molecule has 0 radical (unpaired) electrons. The van der Waals surface area contributed by atoms with Crippen molar-refractivity contribution in [2.24, 2.45) is 5.92 Å². The maximum Gasteiger partial charge on any atom is 0.0709 e. The predicted molar refractivity (Wildman–Crippen MR) is 92.0 cm³/mol. The zero-order valence-corrected chi connectivity index (χ0v) is 14.4. The van der Waals surface area contributed by atoms with Crippen LogP contribution in [-0.4, -0.2) is 11.5 Å². The first-order chi connectivity index (χ1) is 9.77. The van der Waals surface area contributed by atoms with Gasteiger partial charge in [-0.2, -0.15) is 0 Å². The molecule has 0 unspecified atom stereocenters. The lowest BCUT2D eigenvalue weighted by Crippen LogP contribution is -2.20. The molecule has 0 aliphatic heterocycles. The molecule has 0 aliphatic carbocycles. The van der Waals surface area contributed by atoms with E-state index in [1.165, 1.54) is 5.56 Å². The largest absolute Gasteiger partial charge is 0.312 e. The molecule has 21 heavy (non-hydrogen) atoms. The monoisotopic (exact) mass is 304 g/mol. The highest BCUT2D eigenvalue weighted by atomic mass is 35.5. The minimum Gasteiger partial charge on any atom is -0.312 e. The topological polar surface area (TPSA) is 24.9 Å². The highest BCUT2D eigenvalue weighted by Gasteiger charge is 2.18. The van der Waals surface area contributed by atoms with Crippen LogP contribution in [0.15, 0.2) is 24.3 Å². The summed E-state index contributed by atoms with van der Waals surface area (Å²) in [6.45, 7) is 12.9. The van der Waals surface area contributed by atoms with Gasteiger partial charge in [-0.25, -0.2) is 0 Å². The Morgan fingerprint density at radius 2 is 1.90 bits per heavy atom. The van der Waals surface area contributed by atoms with Gasteiger partial charge < -0.3 is 5.32 Å². The first kappa shape index (κ1) is 16.3. The molecular formula is C18H25ClN2. The van der Waals surface area contributed by atoms with E-state index in [2.05, 4.69) is 46.0 Å². The molecule has 0 atom stereocenters. The van der Waals surface area contributed by atoms with Crippen molar-refractivity contribution in [3.05, 3.63) is 40.5 Å². The van der Waals surface area contributed by atoms with Crippen molar-refractivity contribution >= 4 is 22.5 Å². The molecule has 0 spiro atoms. The van der Waals surface area contributed by atoms with Gasteiger partial charge in [0.05, 0.1) is 5.52 Å². The number of rotatable bonds is 4. The summed E-state index contributed by atoms with van der Waals surface area (Å²) in [6.07, 6.45) is 0. The normalized spacial score (nSPS) is 12.3. The third-order valence-electron chi connectivity index (χ3n) is 3.49. The fourth-order valence-electron chi connectivity index (χ4n) is 2.29.